The number of Topliss-reactive ketones (excluding diaryl/α,β-unsaturated/α-hetero) is 1. The average Bonchev–Trinajstić information content (AvgIpc) is 2.90. The highest BCUT2D eigenvalue weighted by Gasteiger charge is 2.04. The van der Waals surface area contributed by atoms with E-state index in [1.54, 1.807) is 11.3 Å². The topological polar surface area (TPSA) is 17.1 Å². The highest BCUT2D eigenvalue weighted by molar-refractivity contribution is 7.08. The van der Waals surface area contributed by atoms with Crippen LogP contribution in [0.25, 0.3) is 0 Å². The summed E-state index contributed by atoms with van der Waals surface area (Å²) in [7, 11) is 0. The molecule has 0 N–H and O–H groups in total. The third-order valence-electron chi connectivity index (χ3n) is 3.35. The first-order valence-electron chi connectivity index (χ1n) is 7.40. The lowest BCUT2D eigenvalue weighted by Crippen LogP contribution is -1.96. The number of carbonyl (C=O) groups excluding carboxylic acids is 1. The Bertz CT molecular complexity index is 303. The molecular weight excluding hydrogens is 240 g/mol. The summed E-state index contributed by atoms with van der Waals surface area (Å²) >= 11 is 1.60. The van der Waals surface area contributed by atoms with Crippen molar-refractivity contribution in [3.63, 3.8) is 0 Å². The third-order valence-corrected chi connectivity index (χ3v) is 4.03. The average molecular weight is 266 g/mol. The molecule has 2 heteroatoms. The van der Waals surface area contributed by atoms with E-state index >= 15 is 0 Å². The fraction of sp³-hybridized carbons (Fsp3) is 0.688. The number of unbranched alkanes of at least 4 members (excludes halogenated alkanes) is 8. The predicted molar refractivity (Wildman–Crippen MR) is 80.5 cm³/mol. The zero-order valence-electron chi connectivity index (χ0n) is 11.6. The highest BCUT2D eigenvalue weighted by atomic mass is 32.1. The van der Waals surface area contributed by atoms with Crippen molar-refractivity contribution in [1.29, 1.82) is 0 Å². The van der Waals surface area contributed by atoms with Gasteiger partial charge < -0.3 is 0 Å². The molecule has 1 aromatic heterocycles. The van der Waals surface area contributed by atoms with Gasteiger partial charge >= 0.3 is 0 Å². The van der Waals surface area contributed by atoms with Crippen molar-refractivity contribution >= 4 is 17.1 Å². The van der Waals surface area contributed by atoms with E-state index in [0.717, 1.165) is 18.4 Å². The number of ketones is 1. The number of hydrogen-bond donors (Lipinski definition) is 0. The molecule has 1 rings (SSSR count). The number of thiophene rings is 1. The Morgan fingerprint density at radius 2 is 1.61 bits per heavy atom. The van der Waals surface area contributed by atoms with Crippen molar-refractivity contribution in [3.05, 3.63) is 22.4 Å². The molecule has 102 valence electrons. The lowest BCUT2D eigenvalue weighted by Gasteiger charge is -2.01. The minimum absolute atomic E-state index is 0.319. The molecule has 0 aliphatic rings. The van der Waals surface area contributed by atoms with Gasteiger partial charge in [-0.3, -0.25) is 4.79 Å². The standard InChI is InChI=1S/C16H26OS/c1-2-3-4-5-6-7-8-9-10-11-16(17)15-12-13-18-14-15/h12-14H,2-11H2,1H3. The van der Waals surface area contributed by atoms with E-state index in [1.165, 1.54) is 51.4 Å². The van der Waals surface area contributed by atoms with Gasteiger partial charge in [-0.25, -0.2) is 0 Å². The molecule has 0 aliphatic carbocycles. The second-order valence-corrected chi connectivity index (χ2v) is 5.79. The molecule has 0 spiro atoms. The van der Waals surface area contributed by atoms with E-state index in [-0.39, 0.29) is 0 Å². The second kappa shape index (κ2) is 10.3. The first-order chi connectivity index (χ1) is 8.84. The molecule has 0 fully saturated rings. The quantitative estimate of drug-likeness (QED) is 0.362. The van der Waals surface area contributed by atoms with Gasteiger partial charge in [-0.05, 0) is 17.9 Å². The first kappa shape index (κ1) is 15.4. The molecule has 0 saturated carbocycles. The molecular formula is C16H26OS. The summed E-state index contributed by atoms with van der Waals surface area (Å²) in [6.45, 7) is 2.25. The molecule has 0 unspecified atom stereocenters. The summed E-state index contributed by atoms with van der Waals surface area (Å²) in [4.78, 5) is 11.7. The van der Waals surface area contributed by atoms with Crippen LogP contribution in [-0.4, -0.2) is 5.78 Å². The maximum absolute atomic E-state index is 11.7. The van der Waals surface area contributed by atoms with E-state index in [0.29, 0.717) is 5.78 Å². The molecule has 1 nitrogen and oxygen atoms in total. The van der Waals surface area contributed by atoms with Crippen LogP contribution in [0.15, 0.2) is 16.8 Å². The maximum atomic E-state index is 11.7. The molecule has 0 aliphatic heterocycles. The fourth-order valence-electron chi connectivity index (χ4n) is 2.16. The summed E-state index contributed by atoms with van der Waals surface area (Å²) in [5, 5.41) is 3.93. The Labute approximate surface area is 116 Å². The first-order valence-corrected chi connectivity index (χ1v) is 8.34. The van der Waals surface area contributed by atoms with Crippen molar-refractivity contribution in [2.24, 2.45) is 0 Å². The molecule has 0 saturated heterocycles. The number of hydrogen-bond acceptors (Lipinski definition) is 2. The van der Waals surface area contributed by atoms with E-state index in [9.17, 15) is 4.79 Å². The van der Waals surface area contributed by atoms with Crippen LogP contribution in [0.3, 0.4) is 0 Å². The maximum Gasteiger partial charge on any atom is 0.163 e. The molecule has 0 atom stereocenters. The predicted octanol–water partition coefficient (Wildman–Crippen LogP) is 5.85. The van der Waals surface area contributed by atoms with Gasteiger partial charge in [0.2, 0.25) is 0 Å². The molecule has 1 heterocycles. The monoisotopic (exact) mass is 266 g/mol. The van der Waals surface area contributed by atoms with Gasteiger partial charge in [0, 0.05) is 17.4 Å². The molecule has 0 aromatic carbocycles. The van der Waals surface area contributed by atoms with Gasteiger partial charge in [0.1, 0.15) is 0 Å². The minimum atomic E-state index is 0.319. The van der Waals surface area contributed by atoms with Gasteiger partial charge in [-0.1, -0.05) is 58.3 Å². The van der Waals surface area contributed by atoms with Gasteiger partial charge in [-0.2, -0.15) is 11.3 Å². The number of rotatable bonds is 11. The second-order valence-electron chi connectivity index (χ2n) is 5.01. The van der Waals surface area contributed by atoms with Gasteiger partial charge in [0.05, 0.1) is 0 Å². The van der Waals surface area contributed by atoms with Gasteiger partial charge in [-0.15, -0.1) is 0 Å². The molecule has 0 amide bonds. The Morgan fingerprint density at radius 3 is 2.17 bits per heavy atom. The van der Waals surface area contributed by atoms with E-state index in [1.807, 2.05) is 16.8 Å². The summed E-state index contributed by atoms with van der Waals surface area (Å²) in [6.07, 6.45) is 12.5. The summed E-state index contributed by atoms with van der Waals surface area (Å²) in [5.41, 5.74) is 0.902. The Morgan fingerprint density at radius 1 is 1.00 bits per heavy atom. The van der Waals surface area contributed by atoms with Crippen LogP contribution in [-0.2, 0) is 0 Å². The zero-order valence-corrected chi connectivity index (χ0v) is 12.4. The Kier molecular flexibility index (Phi) is 8.83. The third kappa shape index (κ3) is 6.95. The normalized spacial score (nSPS) is 10.7. The van der Waals surface area contributed by atoms with Crippen LogP contribution in [0.4, 0.5) is 0 Å². The van der Waals surface area contributed by atoms with Crippen LogP contribution >= 0.6 is 11.3 Å². The van der Waals surface area contributed by atoms with Crippen molar-refractivity contribution in [2.45, 2.75) is 71.1 Å². The summed E-state index contributed by atoms with van der Waals surface area (Å²) < 4.78 is 0. The molecule has 18 heavy (non-hydrogen) atoms. The summed E-state index contributed by atoms with van der Waals surface area (Å²) in [6, 6.07) is 1.93. The fourth-order valence-corrected chi connectivity index (χ4v) is 2.82. The molecule has 0 bridgehead atoms. The van der Waals surface area contributed by atoms with Crippen molar-refractivity contribution in [2.75, 3.05) is 0 Å². The lowest BCUT2D eigenvalue weighted by molar-refractivity contribution is 0.0979. The van der Waals surface area contributed by atoms with Crippen LogP contribution in [0, 0.1) is 0 Å². The Hall–Kier alpha value is -0.630. The molecule has 1 aromatic rings. The van der Waals surface area contributed by atoms with E-state index < -0.39 is 0 Å². The van der Waals surface area contributed by atoms with Crippen molar-refractivity contribution in [3.8, 4) is 0 Å². The molecule has 0 radical (unpaired) electrons. The number of carbonyl (C=O) groups is 1. The van der Waals surface area contributed by atoms with E-state index in [2.05, 4.69) is 6.92 Å². The van der Waals surface area contributed by atoms with Crippen molar-refractivity contribution in [1.82, 2.24) is 0 Å². The van der Waals surface area contributed by atoms with Crippen molar-refractivity contribution < 1.29 is 4.79 Å². The Balaban J connectivity index is 1.88. The van der Waals surface area contributed by atoms with Crippen LogP contribution in [0.2, 0.25) is 0 Å². The zero-order chi connectivity index (χ0) is 13.1. The van der Waals surface area contributed by atoms with Crippen LogP contribution < -0.4 is 0 Å². The SMILES string of the molecule is CCCCCCCCCCCC(=O)c1ccsc1. The minimum Gasteiger partial charge on any atom is -0.294 e. The largest absolute Gasteiger partial charge is 0.294 e. The highest BCUT2D eigenvalue weighted by Crippen LogP contribution is 2.13. The van der Waals surface area contributed by atoms with Crippen LogP contribution in [0.5, 0.6) is 0 Å². The van der Waals surface area contributed by atoms with Gasteiger partial charge in [0.25, 0.3) is 0 Å². The lowest BCUT2D eigenvalue weighted by atomic mass is 10.0. The van der Waals surface area contributed by atoms with E-state index in [4.69, 9.17) is 0 Å². The summed E-state index contributed by atoms with van der Waals surface area (Å²) in [5.74, 6) is 0.319. The smallest absolute Gasteiger partial charge is 0.163 e. The van der Waals surface area contributed by atoms with Crippen LogP contribution in [0.1, 0.15) is 81.5 Å². The van der Waals surface area contributed by atoms with Gasteiger partial charge in [0.15, 0.2) is 5.78 Å².